The Kier molecular flexibility index (Phi) is 5.02. The normalized spacial score (nSPS) is 11.6. The van der Waals surface area contributed by atoms with Gasteiger partial charge < -0.3 is 9.15 Å². The molecule has 0 aliphatic heterocycles. The summed E-state index contributed by atoms with van der Waals surface area (Å²) in [6, 6.07) is 4.97. The molecule has 3 rings (SSSR count). The summed E-state index contributed by atoms with van der Waals surface area (Å²) in [7, 11) is -2.60. The lowest BCUT2D eigenvalue weighted by Crippen LogP contribution is -2.28. The van der Waals surface area contributed by atoms with Crippen LogP contribution in [0.4, 0.5) is 0 Å². The van der Waals surface area contributed by atoms with Crippen LogP contribution in [-0.2, 0) is 21.3 Å². The molecule has 3 aromatic rings. The summed E-state index contributed by atoms with van der Waals surface area (Å²) < 4.78 is 38.7. The van der Waals surface area contributed by atoms with Crippen molar-refractivity contribution < 1.29 is 22.4 Å². The number of methoxy groups -OCH3 is 1. The zero-order valence-electron chi connectivity index (χ0n) is 13.2. The van der Waals surface area contributed by atoms with Crippen molar-refractivity contribution in [3.8, 4) is 11.3 Å². The highest BCUT2D eigenvalue weighted by Gasteiger charge is 2.24. The molecule has 3 heterocycles. The van der Waals surface area contributed by atoms with Gasteiger partial charge in [0.05, 0.1) is 31.7 Å². The van der Waals surface area contributed by atoms with Crippen molar-refractivity contribution in [3.63, 3.8) is 0 Å². The number of aromatic nitrogens is 2. The molecule has 0 saturated heterocycles. The lowest BCUT2D eigenvalue weighted by atomic mass is 10.3. The number of rotatable bonds is 7. The number of ether oxygens (including phenoxy) is 1. The number of nitrogens with one attached hydrogen (secondary N) is 1. The van der Waals surface area contributed by atoms with Gasteiger partial charge in [0.2, 0.25) is 10.0 Å². The van der Waals surface area contributed by atoms with Gasteiger partial charge in [-0.2, -0.15) is 5.10 Å². The molecule has 1 N–H and O–H groups in total. The van der Waals surface area contributed by atoms with E-state index in [2.05, 4.69) is 14.6 Å². The zero-order chi connectivity index (χ0) is 17.9. The van der Waals surface area contributed by atoms with Crippen LogP contribution < -0.4 is 4.72 Å². The van der Waals surface area contributed by atoms with Crippen molar-refractivity contribution in [2.75, 3.05) is 13.7 Å². The number of nitrogens with zero attached hydrogens (tertiary/aromatic N) is 2. The second kappa shape index (κ2) is 7.21. The highest BCUT2D eigenvalue weighted by atomic mass is 32.2. The topological polar surface area (TPSA) is 103 Å². The summed E-state index contributed by atoms with van der Waals surface area (Å²) in [5, 5.41) is 5.70. The molecule has 0 amide bonds. The fraction of sp³-hybridized carbons (Fsp3) is 0.200. The lowest BCUT2D eigenvalue weighted by Gasteiger charge is -2.07. The van der Waals surface area contributed by atoms with E-state index in [0.29, 0.717) is 12.3 Å². The molecule has 0 aliphatic rings. The van der Waals surface area contributed by atoms with E-state index >= 15 is 0 Å². The number of carbonyl (C=O) groups excluding carboxylic acids is 1. The van der Waals surface area contributed by atoms with Gasteiger partial charge in [-0.15, -0.1) is 11.3 Å². The minimum atomic E-state index is -3.81. The molecular weight excluding hydrogens is 366 g/mol. The molecule has 0 spiro atoms. The van der Waals surface area contributed by atoms with Gasteiger partial charge in [0.25, 0.3) is 0 Å². The molecule has 0 unspecified atom stereocenters. The van der Waals surface area contributed by atoms with Crippen molar-refractivity contribution in [2.45, 2.75) is 11.4 Å². The van der Waals surface area contributed by atoms with Crippen LogP contribution >= 0.6 is 11.3 Å². The Morgan fingerprint density at radius 2 is 2.28 bits per heavy atom. The van der Waals surface area contributed by atoms with E-state index in [1.54, 1.807) is 29.4 Å². The molecule has 0 saturated carbocycles. The third kappa shape index (κ3) is 3.81. The maximum absolute atomic E-state index is 12.4. The van der Waals surface area contributed by atoms with E-state index in [-0.39, 0.29) is 16.3 Å². The predicted molar refractivity (Wildman–Crippen MR) is 90.8 cm³/mol. The van der Waals surface area contributed by atoms with Crippen LogP contribution in [0.25, 0.3) is 11.3 Å². The average molecular weight is 381 g/mol. The van der Waals surface area contributed by atoms with E-state index in [4.69, 9.17) is 4.42 Å². The van der Waals surface area contributed by atoms with Crippen molar-refractivity contribution in [1.29, 1.82) is 0 Å². The standard InChI is InChI=1S/C15H15N3O5S2/c1-22-15(19)14-13(4-8-24-14)25(20,21)17-5-6-18-10-11(9-16-18)12-3-2-7-23-12/h2-4,7-10,17H,5-6H2,1H3. The summed E-state index contributed by atoms with van der Waals surface area (Å²) in [6.45, 7) is 0.454. The maximum Gasteiger partial charge on any atom is 0.349 e. The van der Waals surface area contributed by atoms with Gasteiger partial charge >= 0.3 is 5.97 Å². The number of esters is 1. The zero-order valence-corrected chi connectivity index (χ0v) is 14.8. The van der Waals surface area contributed by atoms with E-state index in [9.17, 15) is 13.2 Å². The second-order valence-corrected chi connectivity index (χ2v) is 7.62. The third-order valence-electron chi connectivity index (χ3n) is 3.36. The summed E-state index contributed by atoms with van der Waals surface area (Å²) in [5.41, 5.74) is 0.804. The highest BCUT2D eigenvalue weighted by molar-refractivity contribution is 7.89. The van der Waals surface area contributed by atoms with Gasteiger partial charge in [-0.25, -0.2) is 17.9 Å². The summed E-state index contributed by atoms with van der Waals surface area (Å²) in [6.07, 6.45) is 4.97. The largest absolute Gasteiger partial charge is 0.465 e. The molecule has 0 fully saturated rings. The Bertz CT molecular complexity index is 957. The minimum Gasteiger partial charge on any atom is -0.465 e. The first kappa shape index (κ1) is 17.4. The molecular formula is C15H15N3O5S2. The van der Waals surface area contributed by atoms with Crippen molar-refractivity contribution in [1.82, 2.24) is 14.5 Å². The van der Waals surface area contributed by atoms with Crippen LogP contribution in [0.15, 0.2) is 51.5 Å². The van der Waals surface area contributed by atoms with Crippen LogP contribution in [0.5, 0.6) is 0 Å². The number of hydrogen-bond acceptors (Lipinski definition) is 7. The van der Waals surface area contributed by atoms with Crippen molar-refractivity contribution in [2.24, 2.45) is 0 Å². The van der Waals surface area contributed by atoms with Crippen molar-refractivity contribution >= 4 is 27.3 Å². The van der Waals surface area contributed by atoms with Gasteiger partial charge in [0.1, 0.15) is 15.5 Å². The van der Waals surface area contributed by atoms with Gasteiger partial charge in [-0.3, -0.25) is 4.68 Å². The number of furan rings is 1. The van der Waals surface area contributed by atoms with Crippen molar-refractivity contribution in [3.05, 3.63) is 47.1 Å². The smallest absolute Gasteiger partial charge is 0.349 e. The molecule has 10 heteroatoms. The fourth-order valence-corrected chi connectivity index (χ4v) is 4.53. The predicted octanol–water partition coefficient (Wildman–Crippen LogP) is 1.97. The average Bonchev–Trinajstić information content (AvgIpc) is 3.32. The Morgan fingerprint density at radius 3 is 3.00 bits per heavy atom. The lowest BCUT2D eigenvalue weighted by molar-refractivity contribution is 0.0602. The van der Waals surface area contributed by atoms with E-state index in [1.165, 1.54) is 18.6 Å². The first-order valence-electron chi connectivity index (χ1n) is 7.23. The fourth-order valence-electron chi connectivity index (χ4n) is 2.18. The summed E-state index contributed by atoms with van der Waals surface area (Å²) >= 11 is 1.02. The molecule has 0 aliphatic carbocycles. The van der Waals surface area contributed by atoms with Crippen LogP contribution in [0.1, 0.15) is 9.67 Å². The number of thiophene rings is 1. The van der Waals surface area contributed by atoms with E-state index < -0.39 is 16.0 Å². The summed E-state index contributed by atoms with van der Waals surface area (Å²) in [4.78, 5) is 11.6. The molecule has 3 aromatic heterocycles. The molecule has 8 nitrogen and oxygen atoms in total. The Hall–Kier alpha value is -2.43. The first-order chi connectivity index (χ1) is 12.0. The SMILES string of the molecule is COC(=O)c1sccc1S(=O)(=O)NCCn1cc(-c2ccco2)cn1. The molecule has 0 atom stereocenters. The summed E-state index contributed by atoms with van der Waals surface area (Å²) in [5.74, 6) is 0.0124. The maximum atomic E-state index is 12.4. The van der Waals surface area contributed by atoms with Crippen LogP contribution in [0, 0.1) is 0 Å². The third-order valence-corrected chi connectivity index (χ3v) is 5.89. The highest BCUT2D eigenvalue weighted by Crippen LogP contribution is 2.22. The molecule has 0 radical (unpaired) electrons. The number of hydrogen-bond donors (Lipinski definition) is 1. The number of sulfonamides is 1. The number of carbonyl (C=O) groups is 1. The Balaban J connectivity index is 1.64. The van der Waals surface area contributed by atoms with Crippen LogP contribution in [-0.4, -0.2) is 37.8 Å². The second-order valence-electron chi connectivity index (χ2n) is 4.97. The van der Waals surface area contributed by atoms with E-state index in [1.807, 2.05) is 6.07 Å². The van der Waals surface area contributed by atoms with Gasteiger partial charge in [-0.05, 0) is 23.6 Å². The molecule has 25 heavy (non-hydrogen) atoms. The van der Waals surface area contributed by atoms with E-state index in [0.717, 1.165) is 16.9 Å². The Morgan fingerprint density at radius 1 is 1.44 bits per heavy atom. The monoisotopic (exact) mass is 381 g/mol. The first-order valence-corrected chi connectivity index (χ1v) is 9.59. The molecule has 0 bridgehead atoms. The van der Waals surface area contributed by atoms with Crippen LogP contribution in [0.2, 0.25) is 0 Å². The molecule has 0 aromatic carbocycles. The quantitative estimate of drug-likeness (QED) is 0.628. The van der Waals surface area contributed by atoms with Gasteiger partial charge in [0, 0.05) is 12.7 Å². The minimum absolute atomic E-state index is 0.0502. The molecule has 132 valence electrons. The van der Waals surface area contributed by atoms with Gasteiger partial charge in [-0.1, -0.05) is 0 Å². The van der Waals surface area contributed by atoms with Crippen LogP contribution in [0.3, 0.4) is 0 Å². The Labute approximate surface area is 148 Å². The van der Waals surface area contributed by atoms with Gasteiger partial charge in [0.15, 0.2) is 0 Å².